The van der Waals surface area contributed by atoms with E-state index in [0.29, 0.717) is 28.9 Å². The molecule has 1 aromatic heterocycles. The van der Waals surface area contributed by atoms with Crippen molar-refractivity contribution in [2.24, 2.45) is 0 Å². The van der Waals surface area contributed by atoms with E-state index in [9.17, 15) is 0 Å². The third kappa shape index (κ3) is 3.70. The van der Waals surface area contributed by atoms with Crippen LogP contribution in [0.2, 0.25) is 5.02 Å². The lowest BCUT2D eigenvalue weighted by atomic mass is 10.2. The molecule has 2 aromatic rings. The van der Waals surface area contributed by atoms with E-state index in [1.54, 1.807) is 39.5 Å². The first kappa shape index (κ1) is 15.3. The highest BCUT2D eigenvalue weighted by Crippen LogP contribution is 2.36. The summed E-state index contributed by atoms with van der Waals surface area (Å²) in [6.45, 7) is 0.520. The SMILES string of the molecule is COc1cccc(CNc2cc(OC)c(OC)cc2Cl)n1. The number of ether oxygens (including phenoxy) is 3. The van der Waals surface area contributed by atoms with Gasteiger partial charge in [-0.05, 0) is 6.07 Å². The molecule has 0 aliphatic carbocycles. The molecule has 0 unspecified atom stereocenters. The number of rotatable bonds is 6. The number of nitrogens with one attached hydrogen (secondary N) is 1. The molecule has 0 aliphatic rings. The molecule has 5 nitrogen and oxygen atoms in total. The number of anilines is 1. The summed E-state index contributed by atoms with van der Waals surface area (Å²) in [5, 5.41) is 3.77. The molecule has 1 N–H and O–H groups in total. The Bertz CT molecular complexity index is 620. The van der Waals surface area contributed by atoms with Crippen LogP contribution in [0.5, 0.6) is 17.4 Å². The average Bonchev–Trinajstić information content (AvgIpc) is 2.53. The Morgan fingerprint density at radius 3 is 2.43 bits per heavy atom. The standard InChI is InChI=1S/C15H17ClN2O3/c1-19-13-7-11(16)12(8-14(13)20-2)17-9-10-5-4-6-15(18-10)21-3/h4-8,17H,9H2,1-3H3. The summed E-state index contributed by atoms with van der Waals surface area (Å²) in [5.74, 6) is 1.78. The number of methoxy groups -OCH3 is 3. The van der Waals surface area contributed by atoms with E-state index < -0.39 is 0 Å². The van der Waals surface area contributed by atoms with Crippen molar-refractivity contribution in [3.8, 4) is 17.4 Å². The largest absolute Gasteiger partial charge is 0.493 e. The van der Waals surface area contributed by atoms with E-state index in [0.717, 1.165) is 11.4 Å². The number of nitrogens with zero attached hydrogens (tertiary/aromatic N) is 1. The van der Waals surface area contributed by atoms with Gasteiger partial charge in [-0.15, -0.1) is 0 Å². The van der Waals surface area contributed by atoms with E-state index in [1.165, 1.54) is 0 Å². The Morgan fingerprint density at radius 1 is 1.05 bits per heavy atom. The fourth-order valence-corrected chi connectivity index (χ4v) is 2.07. The van der Waals surface area contributed by atoms with Gasteiger partial charge in [-0.2, -0.15) is 0 Å². The zero-order chi connectivity index (χ0) is 15.2. The van der Waals surface area contributed by atoms with Crippen molar-refractivity contribution >= 4 is 17.3 Å². The van der Waals surface area contributed by atoms with Crippen molar-refractivity contribution in [1.82, 2.24) is 4.98 Å². The molecule has 0 saturated carbocycles. The van der Waals surface area contributed by atoms with Crippen LogP contribution < -0.4 is 19.5 Å². The second-order valence-corrected chi connectivity index (χ2v) is 4.62. The highest BCUT2D eigenvalue weighted by molar-refractivity contribution is 6.33. The van der Waals surface area contributed by atoms with Crippen LogP contribution >= 0.6 is 11.6 Å². The van der Waals surface area contributed by atoms with Crippen LogP contribution in [0.3, 0.4) is 0 Å². The number of pyridine rings is 1. The molecule has 0 radical (unpaired) electrons. The number of benzene rings is 1. The van der Waals surface area contributed by atoms with Gasteiger partial charge in [-0.25, -0.2) is 4.98 Å². The first-order valence-electron chi connectivity index (χ1n) is 6.33. The Balaban J connectivity index is 2.15. The van der Waals surface area contributed by atoms with Crippen LogP contribution in [0.1, 0.15) is 5.69 Å². The first-order valence-corrected chi connectivity index (χ1v) is 6.71. The first-order chi connectivity index (χ1) is 10.2. The zero-order valence-electron chi connectivity index (χ0n) is 12.1. The summed E-state index contributed by atoms with van der Waals surface area (Å²) >= 11 is 6.22. The highest BCUT2D eigenvalue weighted by Gasteiger charge is 2.10. The van der Waals surface area contributed by atoms with E-state index in [-0.39, 0.29) is 0 Å². The van der Waals surface area contributed by atoms with Gasteiger partial charge in [0, 0.05) is 18.2 Å². The van der Waals surface area contributed by atoms with Crippen LogP contribution in [-0.4, -0.2) is 26.3 Å². The Labute approximate surface area is 128 Å². The minimum absolute atomic E-state index is 0.520. The summed E-state index contributed by atoms with van der Waals surface area (Å²) in [6.07, 6.45) is 0. The van der Waals surface area contributed by atoms with Crippen LogP contribution in [0.4, 0.5) is 5.69 Å². The summed E-state index contributed by atoms with van der Waals surface area (Å²) in [7, 11) is 4.74. The summed E-state index contributed by atoms with van der Waals surface area (Å²) in [4.78, 5) is 4.33. The van der Waals surface area contributed by atoms with Gasteiger partial charge in [-0.1, -0.05) is 17.7 Å². The third-order valence-corrected chi connectivity index (χ3v) is 3.24. The van der Waals surface area contributed by atoms with Crippen LogP contribution in [-0.2, 0) is 6.54 Å². The van der Waals surface area contributed by atoms with Gasteiger partial charge in [-0.3, -0.25) is 0 Å². The van der Waals surface area contributed by atoms with Crippen molar-refractivity contribution in [1.29, 1.82) is 0 Å². The van der Waals surface area contributed by atoms with Gasteiger partial charge >= 0.3 is 0 Å². The molecule has 1 heterocycles. The molecule has 0 amide bonds. The quantitative estimate of drug-likeness (QED) is 0.886. The number of hydrogen-bond acceptors (Lipinski definition) is 5. The maximum atomic E-state index is 6.22. The van der Waals surface area contributed by atoms with Gasteiger partial charge in [0.2, 0.25) is 5.88 Å². The lowest BCUT2D eigenvalue weighted by Gasteiger charge is -2.13. The van der Waals surface area contributed by atoms with Crippen molar-refractivity contribution in [3.05, 3.63) is 41.0 Å². The Morgan fingerprint density at radius 2 is 1.76 bits per heavy atom. The average molecular weight is 309 g/mol. The predicted octanol–water partition coefficient (Wildman–Crippen LogP) is 3.37. The molecule has 0 aliphatic heterocycles. The molecule has 0 bridgehead atoms. The lowest BCUT2D eigenvalue weighted by molar-refractivity contribution is 0.355. The fraction of sp³-hybridized carbons (Fsp3) is 0.267. The molecule has 0 spiro atoms. The topological polar surface area (TPSA) is 52.6 Å². The van der Waals surface area contributed by atoms with Crippen LogP contribution in [0.15, 0.2) is 30.3 Å². The van der Waals surface area contributed by atoms with Crippen molar-refractivity contribution in [3.63, 3.8) is 0 Å². The molecule has 1 aromatic carbocycles. The molecule has 0 fully saturated rings. The van der Waals surface area contributed by atoms with Crippen LogP contribution in [0, 0.1) is 0 Å². The minimum Gasteiger partial charge on any atom is -0.493 e. The maximum absolute atomic E-state index is 6.22. The van der Waals surface area contributed by atoms with Gasteiger partial charge in [0.05, 0.1) is 44.3 Å². The summed E-state index contributed by atoms with van der Waals surface area (Å²) < 4.78 is 15.6. The summed E-state index contributed by atoms with van der Waals surface area (Å²) in [5.41, 5.74) is 1.60. The molecule has 6 heteroatoms. The molecule has 0 atom stereocenters. The molecule has 21 heavy (non-hydrogen) atoms. The summed E-state index contributed by atoms with van der Waals surface area (Å²) in [6, 6.07) is 9.10. The fourth-order valence-electron chi connectivity index (χ4n) is 1.85. The van der Waals surface area contributed by atoms with Gasteiger partial charge in [0.1, 0.15) is 0 Å². The molecule has 0 saturated heterocycles. The second-order valence-electron chi connectivity index (χ2n) is 4.21. The van der Waals surface area contributed by atoms with Crippen molar-refractivity contribution < 1.29 is 14.2 Å². The molecule has 2 rings (SSSR count). The molecular formula is C15H17ClN2O3. The highest BCUT2D eigenvalue weighted by atomic mass is 35.5. The van der Waals surface area contributed by atoms with Gasteiger partial charge in [0.25, 0.3) is 0 Å². The molecule has 112 valence electrons. The number of aromatic nitrogens is 1. The van der Waals surface area contributed by atoms with Gasteiger partial charge < -0.3 is 19.5 Å². The van der Waals surface area contributed by atoms with E-state index in [1.807, 2.05) is 12.1 Å². The molecular weight excluding hydrogens is 292 g/mol. The Hall–Kier alpha value is -2.14. The zero-order valence-corrected chi connectivity index (χ0v) is 12.9. The Kier molecular flexibility index (Phi) is 5.11. The predicted molar refractivity (Wildman–Crippen MR) is 82.7 cm³/mol. The van der Waals surface area contributed by atoms with Crippen LogP contribution in [0.25, 0.3) is 0 Å². The monoisotopic (exact) mass is 308 g/mol. The van der Waals surface area contributed by atoms with Gasteiger partial charge in [0.15, 0.2) is 11.5 Å². The van der Waals surface area contributed by atoms with E-state index in [4.69, 9.17) is 25.8 Å². The van der Waals surface area contributed by atoms with Crippen molar-refractivity contribution in [2.45, 2.75) is 6.54 Å². The second kappa shape index (κ2) is 7.04. The number of halogens is 1. The number of hydrogen-bond donors (Lipinski definition) is 1. The minimum atomic E-state index is 0.520. The normalized spacial score (nSPS) is 10.1. The maximum Gasteiger partial charge on any atom is 0.213 e. The van der Waals surface area contributed by atoms with Crippen molar-refractivity contribution in [2.75, 3.05) is 26.6 Å². The lowest BCUT2D eigenvalue weighted by Crippen LogP contribution is -2.03. The van der Waals surface area contributed by atoms with E-state index in [2.05, 4.69) is 10.3 Å². The smallest absolute Gasteiger partial charge is 0.213 e. The van der Waals surface area contributed by atoms with E-state index >= 15 is 0 Å². The third-order valence-electron chi connectivity index (χ3n) is 2.92.